The minimum absolute atomic E-state index is 0.196. The molecule has 0 N–H and O–H groups in total. The molecule has 1 heterocycles. The number of hydrogen-bond acceptors (Lipinski definition) is 3. The van der Waals surface area contributed by atoms with Gasteiger partial charge in [-0.05, 0) is 19.4 Å². The molecule has 0 aromatic carbocycles. The van der Waals surface area contributed by atoms with Gasteiger partial charge in [0.25, 0.3) is 0 Å². The molecule has 0 spiro atoms. The third-order valence-electron chi connectivity index (χ3n) is 1.96. The number of carbonyl (C=O) groups is 1. The van der Waals surface area contributed by atoms with Crippen LogP contribution < -0.4 is 0 Å². The zero-order chi connectivity index (χ0) is 10.4. The van der Waals surface area contributed by atoms with Gasteiger partial charge in [0.05, 0.1) is 6.61 Å². The van der Waals surface area contributed by atoms with Gasteiger partial charge in [-0.25, -0.2) is 4.79 Å². The van der Waals surface area contributed by atoms with Crippen LogP contribution in [0.3, 0.4) is 0 Å². The molecule has 14 heavy (non-hydrogen) atoms. The second-order valence-electron chi connectivity index (χ2n) is 3.04. The van der Waals surface area contributed by atoms with Crippen LogP contribution in [0.15, 0.2) is 18.5 Å². The third kappa shape index (κ3) is 2.58. The van der Waals surface area contributed by atoms with E-state index in [4.69, 9.17) is 4.74 Å². The van der Waals surface area contributed by atoms with Crippen molar-refractivity contribution in [2.45, 2.75) is 32.7 Å². The Morgan fingerprint density at radius 2 is 2.36 bits per heavy atom. The number of nitrogens with zero attached hydrogens (tertiary/aromatic N) is 2. The van der Waals surface area contributed by atoms with E-state index in [1.54, 1.807) is 17.1 Å². The lowest BCUT2D eigenvalue weighted by molar-refractivity contribution is -0.147. The molecule has 0 fully saturated rings. The summed E-state index contributed by atoms with van der Waals surface area (Å²) >= 11 is 0. The zero-order valence-electron chi connectivity index (χ0n) is 8.64. The van der Waals surface area contributed by atoms with E-state index in [1.807, 2.05) is 19.9 Å². The Labute approximate surface area is 83.9 Å². The van der Waals surface area contributed by atoms with Crippen LogP contribution in [0.5, 0.6) is 0 Å². The number of rotatable bonds is 5. The molecule has 1 aromatic heterocycles. The average molecular weight is 196 g/mol. The van der Waals surface area contributed by atoms with Gasteiger partial charge in [-0.3, -0.25) is 4.68 Å². The fourth-order valence-corrected chi connectivity index (χ4v) is 1.34. The maximum atomic E-state index is 11.5. The highest BCUT2D eigenvalue weighted by Crippen LogP contribution is 2.14. The van der Waals surface area contributed by atoms with Gasteiger partial charge in [-0.15, -0.1) is 0 Å². The molecule has 0 amide bonds. The summed E-state index contributed by atoms with van der Waals surface area (Å²) in [5.41, 5.74) is 0. The first-order valence-corrected chi connectivity index (χ1v) is 4.95. The van der Waals surface area contributed by atoms with Crippen LogP contribution in [0, 0.1) is 0 Å². The summed E-state index contributed by atoms with van der Waals surface area (Å²) < 4.78 is 6.63. The van der Waals surface area contributed by atoms with E-state index < -0.39 is 0 Å². The van der Waals surface area contributed by atoms with Crippen molar-refractivity contribution in [1.82, 2.24) is 9.78 Å². The molecule has 0 aliphatic carbocycles. The minimum atomic E-state index is -0.269. The van der Waals surface area contributed by atoms with E-state index in [2.05, 4.69) is 5.10 Å². The lowest BCUT2D eigenvalue weighted by atomic mass is 10.2. The molecule has 4 nitrogen and oxygen atoms in total. The molecule has 1 atom stereocenters. The van der Waals surface area contributed by atoms with Crippen molar-refractivity contribution in [1.29, 1.82) is 0 Å². The highest BCUT2D eigenvalue weighted by molar-refractivity contribution is 5.74. The highest BCUT2D eigenvalue weighted by atomic mass is 16.5. The normalized spacial score (nSPS) is 12.4. The predicted octanol–water partition coefficient (Wildman–Crippen LogP) is 1.79. The number of hydrogen-bond donors (Lipinski definition) is 0. The summed E-state index contributed by atoms with van der Waals surface area (Å²) in [7, 11) is 0. The van der Waals surface area contributed by atoms with Crippen molar-refractivity contribution in [2.75, 3.05) is 6.61 Å². The summed E-state index contributed by atoms with van der Waals surface area (Å²) in [5.74, 6) is -0.196. The number of aromatic nitrogens is 2. The molecule has 1 rings (SSSR count). The third-order valence-corrected chi connectivity index (χ3v) is 1.96. The lowest BCUT2D eigenvalue weighted by Gasteiger charge is -2.14. The van der Waals surface area contributed by atoms with Crippen molar-refractivity contribution in [3.8, 4) is 0 Å². The summed E-state index contributed by atoms with van der Waals surface area (Å²) in [6.45, 7) is 4.26. The first-order valence-electron chi connectivity index (χ1n) is 4.95. The first-order chi connectivity index (χ1) is 6.79. The minimum Gasteiger partial charge on any atom is -0.464 e. The standard InChI is InChI=1S/C10H16N2O2/c1-3-6-9(10(13)14-4-2)12-8-5-7-11-12/h5,7-9H,3-4,6H2,1-2H3. The van der Waals surface area contributed by atoms with Gasteiger partial charge in [0.15, 0.2) is 0 Å². The molecular formula is C10H16N2O2. The second kappa shape index (κ2) is 5.42. The number of carbonyl (C=O) groups excluding carboxylic acids is 1. The van der Waals surface area contributed by atoms with Gasteiger partial charge in [0.2, 0.25) is 0 Å². The average Bonchev–Trinajstić information content (AvgIpc) is 2.67. The molecular weight excluding hydrogens is 180 g/mol. The Bertz CT molecular complexity index is 270. The van der Waals surface area contributed by atoms with Crippen LogP contribution in [0.2, 0.25) is 0 Å². The smallest absolute Gasteiger partial charge is 0.330 e. The Kier molecular flexibility index (Phi) is 4.16. The number of ether oxygens (including phenoxy) is 1. The van der Waals surface area contributed by atoms with Crippen LogP contribution in [0.25, 0.3) is 0 Å². The molecule has 4 heteroatoms. The van der Waals surface area contributed by atoms with Gasteiger partial charge >= 0.3 is 5.97 Å². The fourth-order valence-electron chi connectivity index (χ4n) is 1.34. The Morgan fingerprint density at radius 3 is 2.86 bits per heavy atom. The summed E-state index contributed by atoms with van der Waals surface area (Å²) in [5, 5.41) is 4.05. The largest absolute Gasteiger partial charge is 0.464 e. The first kappa shape index (κ1) is 10.8. The van der Waals surface area contributed by atoms with E-state index in [1.165, 1.54) is 0 Å². The van der Waals surface area contributed by atoms with E-state index in [0.717, 1.165) is 12.8 Å². The quantitative estimate of drug-likeness (QED) is 0.674. The monoisotopic (exact) mass is 196 g/mol. The van der Waals surface area contributed by atoms with Crippen molar-refractivity contribution in [3.05, 3.63) is 18.5 Å². The Morgan fingerprint density at radius 1 is 1.57 bits per heavy atom. The van der Waals surface area contributed by atoms with Crippen molar-refractivity contribution in [3.63, 3.8) is 0 Å². The van der Waals surface area contributed by atoms with Crippen molar-refractivity contribution >= 4 is 5.97 Å². The molecule has 0 saturated carbocycles. The van der Waals surface area contributed by atoms with Gasteiger partial charge in [-0.2, -0.15) is 5.10 Å². The maximum absolute atomic E-state index is 11.5. The summed E-state index contributed by atoms with van der Waals surface area (Å²) in [6.07, 6.45) is 5.16. The van der Waals surface area contributed by atoms with Gasteiger partial charge in [0, 0.05) is 12.4 Å². The summed E-state index contributed by atoms with van der Waals surface area (Å²) in [6, 6.07) is 1.54. The van der Waals surface area contributed by atoms with E-state index in [0.29, 0.717) is 6.61 Å². The molecule has 78 valence electrons. The number of esters is 1. The molecule has 0 aliphatic heterocycles. The molecule has 0 radical (unpaired) electrons. The SMILES string of the molecule is CCCC(C(=O)OCC)n1cccn1. The van der Waals surface area contributed by atoms with Gasteiger partial charge in [-0.1, -0.05) is 13.3 Å². The molecule has 0 aliphatic rings. The van der Waals surface area contributed by atoms with Crippen LogP contribution in [-0.2, 0) is 9.53 Å². The van der Waals surface area contributed by atoms with Crippen LogP contribution in [-0.4, -0.2) is 22.4 Å². The fraction of sp³-hybridized carbons (Fsp3) is 0.600. The van der Waals surface area contributed by atoms with Crippen molar-refractivity contribution in [2.24, 2.45) is 0 Å². The van der Waals surface area contributed by atoms with Crippen molar-refractivity contribution < 1.29 is 9.53 Å². The predicted molar refractivity (Wildman–Crippen MR) is 52.8 cm³/mol. The van der Waals surface area contributed by atoms with Gasteiger partial charge < -0.3 is 4.74 Å². The van der Waals surface area contributed by atoms with E-state index >= 15 is 0 Å². The van der Waals surface area contributed by atoms with Crippen LogP contribution in [0.4, 0.5) is 0 Å². The van der Waals surface area contributed by atoms with Gasteiger partial charge in [0.1, 0.15) is 6.04 Å². The molecule has 0 saturated heterocycles. The van der Waals surface area contributed by atoms with Crippen LogP contribution in [0.1, 0.15) is 32.7 Å². The molecule has 1 unspecified atom stereocenters. The Hall–Kier alpha value is -1.32. The molecule has 1 aromatic rings. The second-order valence-corrected chi connectivity index (χ2v) is 3.04. The topological polar surface area (TPSA) is 44.1 Å². The van der Waals surface area contributed by atoms with E-state index in [-0.39, 0.29) is 12.0 Å². The lowest BCUT2D eigenvalue weighted by Crippen LogP contribution is -2.22. The van der Waals surface area contributed by atoms with E-state index in [9.17, 15) is 4.79 Å². The Balaban J connectivity index is 2.69. The maximum Gasteiger partial charge on any atom is 0.330 e. The highest BCUT2D eigenvalue weighted by Gasteiger charge is 2.20. The zero-order valence-corrected chi connectivity index (χ0v) is 8.64. The van der Waals surface area contributed by atoms with Crippen LogP contribution >= 0.6 is 0 Å². The summed E-state index contributed by atoms with van der Waals surface area (Å²) in [4.78, 5) is 11.5. The molecule has 0 bridgehead atoms.